The zero-order valence-corrected chi connectivity index (χ0v) is 6.43. The number of carbonyl (C=O) groups excluding carboxylic acids is 1. The van der Waals surface area contributed by atoms with Gasteiger partial charge in [0.25, 0.3) is 0 Å². The third-order valence-corrected chi connectivity index (χ3v) is 1.94. The molecule has 3 heteroatoms. The van der Waals surface area contributed by atoms with Gasteiger partial charge in [-0.05, 0) is 18.8 Å². The molecular formula is C7H11LiO2. The first-order valence-corrected chi connectivity index (χ1v) is 3.51. The van der Waals surface area contributed by atoms with E-state index in [1.54, 1.807) is 0 Å². The van der Waals surface area contributed by atoms with E-state index in [1.165, 1.54) is 6.42 Å². The summed E-state index contributed by atoms with van der Waals surface area (Å²) in [6.07, 6.45) is 5.01. The molecule has 1 aliphatic carbocycles. The molecule has 0 radical (unpaired) electrons. The van der Waals surface area contributed by atoms with E-state index in [0.29, 0.717) is 0 Å². The predicted octanol–water partition coefficient (Wildman–Crippen LogP) is -2.68. The van der Waals surface area contributed by atoms with Crippen LogP contribution in [0.4, 0.5) is 0 Å². The van der Waals surface area contributed by atoms with Gasteiger partial charge in [-0.3, -0.25) is 0 Å². The average Bonchev–Trinajstić information content (AvgIpc) is 1.90. The Bertz CT molecular complexity index is 108. The molecule has 0 atom stereocenters. The van der Waals surface area contributed by atoms with Crippen molar-refractivity contribution >= 4 is 5.97 Å². The molecule has 1 aliphatic rings. The standard InChI is InChI=1S/C7H12O2.Li/c8-7(9)6-4-2-1-3-5-6;/h6H,1-5H2,(H,8,9);/q;+1/p-1. The minimum absolute atomic E-state index is 0. The van der Waals surface area contributed by atoms with Crippen molar-refractivity contribution in [3.63, 3.8) is 0 Å². The molecule has 0 heterocycles. The van der Waals surface area contributed by atoms with Crippen LogP contribution >= 0.6 is 0 Å². The number of carboxylic acid groups (broad SMARTS) is 1. The maximum Gasteiger partial charge on any atom is 1.00 e. The molecule has 0 aromatic carbocycles. The number of aliphatic carboxylic acids is 1. The quantitative estimate of drug-likeness (QED) is 0.367. The summed E-state index contributed by atoms with van der Waals surface area (Å²) in [7, 11) is 0. The van der Waals surface area contributed by atoms with Crippen LogP contribution < -0.4 is 24.0 Å². The number of hydrogen-bond acceptors (Lipinski definition) is 2. The van der Waals surface area contributed by atoms with Gasteiger partial charge in [-0.2, -0.15) is 0 Å². The molecule has 52 valence electrons. The third kappa shape index (κ3) is 2.77. The van der Waals surface area contributed by atoms with Crippen molar-refractivity contribution in [3.05, 3.63) is 0 Å². The van der Waals surface area contributed by atoms with E-state index in [2.05, 4.69) is 0 Å². The van der Waals surface area contributed by atoms with Crippen LogP contribution in [0.2, 0.25) is 0 Å². The van der Waals surface area contributed by atoms with Gasteiger partial charge >= 0.3 is 18.9 Å². The Balaban J connectivity index is 0.000000810. The van der Waals surface area contributed by atoms with Crippen molar-refractivity contribution in [1.82, 2.24) is 0 Å². The minimum Gasteiger partial charge on any atom is -0.550 e. The zero-order valence-electron chi connectivity index (χ0n) is 6.43. The summed E-state index contributed by atoms with van der Waals surface area (Å²) in [5.74, 6) is -0.992. The van der Waals surface area contributed by atoms with Gasteiger partial charge in [0, 0.05) is 5.97 Å². The van der Waals surface area contributed by atoms with E-state index in [-0.39, 0.29) is 24.8 Å². The molecule has 0 N–H and O–H groups in total. The fraction of sp³-hybridized carbons (Fsp3) is 0.857. The molecule has 0 aliphatic heterocycles. The van der Waals surface area contributed by atoms with Crippen molar-refractivity contribution in [2.45, 2.75) is 32.1 Å². The monoisotopic (exact) mass is 134 g/mol. The van der Waals surface area contributed by atoms with Crippen molar-refractivity contribution in [1.29, 1.82) is 0 Å². The third-order valence-electron chi connectivity index (χ3n) is 1.94. The first kappa shape index (κ1) is 10.1. The van der Waals surface area contributed by atoms with Crippen LogP contribution in [0, 0.1) is 5.92 Å². The summed E-state index contributed by atoms with van der Waals surface area (Å²) in [6.45, 7) is 0. The van der Waals surface area contributed by atoms with E-state index >= 15 is 0 Å². The SMILES string of the molecule is O=C([O-])C1CCCCC1.[Li+]. The van der Waals surface area contributed by atoms with E-state index in [0.717, 1.165) is 25.7 Å². The summed E-state index contributed by atoms with van der Waals surface area (Å²) in [5, 5.41) is 10.2. The van der Waals surface area contributed by atoms with Crippen LogP contribution in [-0.4, -0.2) is 5.97 Å². The minimum atomic E-state index is -0.852. The molecule has 1 saturated carbocycles. The molecule has 1 fully saturated rings. The number of hydrogen-bond donors (Lipinski definition) is 0. The van der Waals surface area contributed by atoms with Crippen LogP contribution in [0.3, 0.4) is 0 Å². The molecular weight excluding hydrogens is 123 g/mol. The topological polar surface area (TPSA) is 40.1 Å². The Morgan fingerprint density at radius 2 is 1.70 bits per heavy atom. The smallest absolute Gasteiger partial charge is 0.550 e. The fourth-order valence-electron chi connectivity index (χ4n) is 1.34. The largest absolute Gasteiger partial charge is 1.00 e. The molecule has 0 aromatic rings. The van der Waals surface area contributed by atoms with Gasteiger partial charge in [-0.25, -0.2) is 0 Å². The Morgan fingerprint density at radius 1 is 1.20 bits per heavy atom. The van der Waals surface area contributed by atoms with Crippen molar-refractivity contribution in [2.24, 2.45) is 5.92 Å². The van der Waals surface area contributed by atoms with Gasteiger partial charge in [0.15, 0.2) is 0 Å². The van der Waals surface area contributed by atoms with E-state index < -0.39 is 5.97 Å². The first-order valence-electron chi connectivity index (χ1n) is 3.51. The van der Waals surface area contributed by atoms with Gasteiger partial charge in [-0.1, -0.05) is 19.3 Å². The molecule has 0 bridgehead atoms. The Morgan fingerprint density at radius 3 is 2.00 bits per heavy atom. The second-order valence-corrected chi connectivity index (χ2v) is 2.65. The van der Waals surface area contributed by atoms with Crippen LogP contribution in [0.5, 0.6) is 0 Å². The summed E-state index contributed by atoms with van der Waals surface area (Å²) in [4.78, 5) is 10.2. The first-order chi connectivity index (χ1) is 4.30. The second kappa shape index (κ2) is 4.82. The summed E-state index contributed by atoms with van der Waals surface area (Å²) in [5.41, 5.74) is 0. The molecule has 10 heavy (non-hydrogen) atoms. The van der Waals surface area contributed by atoms with Gasteiger partial charge < -0.3 is 9.90 Å². The predicted molar refractivity (Wildman–Crippen MR) is 31.6 cm³/mol. The van der Waals surface area contributed by atoms with E-state index in [1.807, 2.05) is 0 Å². The fourth-order valence-corrected chi connectivity index (χ4v) is 1.34. The maximum atomic E-state index is 10.2. The van der Waals surface area contributed by atoms with Crippen LogP contribution in [0.25, 0.3) is 0 Å². The average molecular weight is 134 g/mol. The normalized spacial score (nSPS) is 19.6. The summed E-state index contributed by atoms with van der Waals surface area (Å²) < 4.78 is 0. The van der Waals surface area contributed by atoms with Crippen LogP contribution in [0.15, 0.2) is 0 Å². The van der Waals surface area contributed by atoms with Gasteiger partial charge in [-0.15, -0.1) is 0 Å². The molecule has 0 unspecified atom stereocenters. The Kier molecular flexibility index (Phi) is 4.85. The van der Waals surface area contributed by atoms with Crippen LogP contribution in [0.1, 0.15) is 32.1 Å². The molecule has 0 spiro atoms. The van der Waals surface area contributed by atoms with Crippen molar-refractivity contribution < 1.29 is 28.8 Å². The number of rotatable bonds is 1. The van der Waals surface area contributed by atoms with Gasteiger partial charge in [0.2, 0.25) is 0 Å². The van der Waals surface area contributed by atoms with E-state index in [4.69, 9.17) is 0 Å². The summed E-state index contributed by atoms with van der Waals surface area (Å²) in [6, 6.07) is 0. The zero-order chi connectivity index (χ0) is 6.69. The molecule has 0 aromatic heterocycles. The summed E-state index contributed by atoms with van der Waals surface area (Å²) >= 11 is 0. The van der Waals surface area contributed by atoms with Crippen molar-refractivity contribution in [3.8, 4) is 0 Å². The Hall–Kier alpha value is 0.0674. The van der Waals surface area contributed by atoms with Crippen LogP contribution in [-0.2, 0) is 4.79 Å². The molecule has 2 nitrogen and oxygen atoms in total. The molecule has 0 saturated heterocycles. The Labute approximate surface area is 73.2 Å². The number of carboxylic acids is 1. The molecule has 0 amide bonds. The van der Waals surface area contributed by atoms with Gasteiger partial charge in [0.05, 0.1) is 0 Å². The van der Waals surface area contributed by atoms with E-state index in [9.17, 15) is 9.90 Å². The number of carbonyl (C=O) groups is 1. The van der Waals surface area contributed by atoms with Gasteiger partial charge in [0.1, 0.15) is 0 Å². The van der Waals surface area contributed by atoms with Crippen molar-refractivity contribution in [2.75, 3.05) is 0 Å². The maximum absolute atomic E-state index is 10.2. The second-order valence-electron chi connectivity index (χ2n) is 2.65. The molecule has 1 rings (SSSR count).